The molecule has 0 spiro atoms. The molecule has 2 atom stereocenters. The van der Waals surface area contributed by atoms with Crippen LogP contribution in [0.2, 0.25) is 0 Å². The van der Waals surface area contributed by atoms with E-state index in [0.717, 1.165) is 0 Å². The van der Waals surface area contributed by atoms with Crippen LogP contribution in [0.25, 0.3) is 11.0 Å². The van der Waals surface area contributed by atoms with Gasteiger partial charge in [-0.3, -0.25) is 4.79 Å². The standard InChI is InChI=1S/C24H28O7/c1-7-14(4)23(27)30-22-21(29-18(26)12-13(2)3)19-16(31-24(22,5)6)10-8-15-9-11-17(25)28-20(15)19/h7-11,13,21-22H,12H2,1-6H3/b14-7-/t21-,22+/m1/s1. The summed E-state index contributed by atoms with van der Waals surface area (Å²) in [4.78, 5) is 37.2. The van der Waals surface area contributed by atoms with Gasteiger partial charge in [-0.15, -0.1) is 0 Å². The fourth-order valence-corrected chi connectivity index (χ4v) is 3.53. The highest BCUT2D eigenvalue weighted by atomic mass is 16.6. The molecule has 3 rings (SSSR count). The Morgan fingerprint density at radius 3 is 2.48 bits per heavy atom. The second-order valence-electron chi connectivity index (χ2n) is 8.66. The first-order chi connectivity index (χ1) is 14.5. The average molecular weight is 428 g/mol. The van der Waals surface area contributed by atoms with Gasteiger partial charge in [-0.1, -0.05) is 19.9 Å². The maximum Gasteiger partial charge on any atom is 0.336 e. The van der Waals surface area contributed by atoms with E-state index in [0.29, 0.717) is 22.3 Å². The number of fused-ring (bicyclic) bond motifs is 3. The van der Waals surface area contributed by atoms with Gasteiger partial charge in [0.05, 0.1) is 5.56 Å². The summed E-state index contributed by atoms with van der Waals surface area (Å²) >= 11 is 0. The number of ether oxygens (including phenoxy) is 3. The maximum absolute atomic E-state index is 12.7. The Hall–Kier alpha value is -3.09. The lowest BCUT2D eigenvalue weighted by Crippen LogP contribution is -2.52. The maximum atomic E-state index is 12.7. The van der Waals surface area contributed by atoms with Crippen molar-refractivity contribution in [3.63, 3.8) is 0 Å². The second-order valence-corrected chi connectivity index (χ2v) is 8.66. The van der Waals surface area contributed by atoms with Gasteiger partial charge in [0.2, 0.25) is 0 Å². The summed E-state index contributed by atoms with van der Waals surface area (Å²) in [5, 5.41) is 0.640. The Bertz CT molecular complexity index is 1090. The molecule has 0 saturated heterocycles. The fraction of sp³-hybridized carbons (Fsp3) is 0.458. The van der Waals surface area contributed by atoms with Crippen molar-refractivity contribution in [2.24, 2.45) is 5.92 Å². The molecular weight excluding hydrogens is 400 g/mol. The third-order valence-corrected chi connectivity index (χ3v) is 5.23. The van der Waals surface area contributed by atoms with E-state index in [1.165, 1.54) is 6.07 Å². The molecular formula is C24H28O7. The first-order valence-corrected chi connectivity index (χ1v) is 10.3. The summed E-state index contributed by atoms with van der Waals surface area (Å²) in [6, 6.07) is 6.43. The van der Waals surface area contributed by atoms with E-state index in [9.17, 15) is 14.4 Å². The van der Waals surface area contributed by atoms with Gasteiger partial charge < -0.3 is 18.6 Å². The minimum absolute atomic E-state index is 0.0801. The quantitative estimate of drug-likeness (QED) is 0.394. The predicted molar refractivity (Wildman–Crippen MR) is 115 cm³/mol. The van der Waals surface area contributed by atoms with E-state index < -0.39 is 35.4 Å². The molecule has 0 saturated carbocycles. The third kappa shape index (κ3) is 4.65. The Kier molecular flexibility index (Phi) is 6.25. The monoisotopic (exact) mass is 428 g/mol. The van der Waals surface area contributed by atoms with E-state index in [-0.39, 0.29) is 17.9 Å². The van der Waals surface area contributed by atoms with Crippen molar-refractivity contribution in [1.82, 2.24) is 0 Å². The van der Waals surface area contributed by atoms with Gasteiger partial charge in [0.25, 0.3) is 0 Å². The summed E-state index contributed by atoms with van der Waals surface area (Å²) in [7, 11) is 0. The number of allylic oxidation sites excluding steroid dienone is 1. The van der Waals surface area contributed by atoms with Crippen LogP contribution in [0, 0.1) is 5.92 Å². The van der Waals surface area contributed by atoms with Crippen molar-refractivity contribution in [3.8, 4) is 5.75 Å². The summed E-state index contributed by atoms with van der Waals surface area (Å²) < 4.78 is 23.2. The van der Waals surface area contributed by atoms with Gasteiger partial charge in [0.1, 0.15) is 16.9 Å². The number of benzene rings is 1. The lowest BCUT2D eigenvalue weighted by molar-refractivity contribution is -0.188. The Morgan fingerprint density at radius 2 is 1.84 bits per heavy atom. The van der Waals surface area contributed by atoms with Crippen LogP contribution in [0.4, 0.5) is 0 Å². The minimum Gasteiger partial charge on any atom is -0.483 e. The molecule has 0 radical (unpaired) electrons. The smallest absolute Gasteiger partial charge is 0.336 e. The molecule has 0 N–H and O–H groups in total. The first-order valence-electron chi connectivity index (χ1n) is 10.3. The van der Waals surface area contributed by atoms with Gasteiger partial charge >= 0.3 is 17.6 Å². The average Bonchev–Trinajstić information content (AvgIpc) is 2.68. The summed E-state index contributed by atoms with van der Waals surface area (Å²) in [6.07, 6.45) is -0.139. The van der Waals surface area contributed by atoms with Crippen LogP contribution >= 0.6 is 0 Å². The molecule has 31 heavy (non-hydrogen) atoms. The van der Waals surface area contributed by atoms with Crippen molar-refractivity contribution < 1.29 is 28.2 Å². The van der Waals surface area contributed by atoms with E-state index in [1.807, 2.05) is 13.8 Å². The number of hydrogen-bond donors (Lipinski definition) is 0. The minimum atomic E-state index is -1.01. The zero-order valence-corrected chi connectivity index (χ0v) is 18.7. The molecule has 0 unspecified atom stereocenters. The zero-order valence-electron chi connectivity index (χ0n) is 18.7. The largest absolute Gasteiger partial charge is 0.483 e. The first kappa shape index (κ1) is 22.6. The Balaban J connectivity index is 2.18. The van der Waals surface area contributed by atoms with Gasteiger partial charge in [0.15, 0.2) is 12.2 Å². The Labute approximate surface area is 181 Å². The van der Waals surface area contributed by atoms with Crippen molar-refractivity contribution in [1.29, 1.82) is 0 Å². The van der Waals surface area contributed by atoms with Crippen molar-refractivity contribution in [2.45, 2.75) is 65.8 Å². The van der Waals surface area contributed by atoms with Crippen LogP contribution in [0.15, 0.2) is 45.1 Å². The predicted octanol–water partition coefficient (Wildman–Crippen LogP) is 4.47. The molecule has 0 aliphatic carbocycles. The highest BCUT2D eigenvalue weighted by Gasteiger charge is 2.50. The zero-order chi connectivity index (χ0) is 22.9. The number of rotatable bonds is 5. The SMILES string of the molecule is C/C=C(/C)C(=O)O[C@H]1[C@H](OC(=O)CC(C)C)c2c(ccc3ccc(=O)oc23)OC1(C)C. The molecule has 7 nitrogen and oxygen atoms in total. The highest BCUT2D eigenvalue weighted by molar-refractivity contribution is 5.88. The molecule has 2 aromatic rings. The van der Waals surface area contributed by atoms with Crippen LogP contribution in [0.3, 0.4) is 0 Å². The number of hydrogen-bond acceptors (Lipinski definition) is 7. The van der Waals surface area contributed by atoms with Crippen molar-refractivity contribution >= 4 is 22.9 Å². The summed E-state index contributed by atoms with van der Waals surface area (Å²) in [5.41, 5.74) is -0.522. The van der Waals surface area contributed by atoms with Crippen LogP contribution in [0.1, 0.15) is 59.6 Å². The lowest BCUT2D eigenvalue weighted by Gasteiger charge is -2.43. The molecule has 2 heterocycles. The van der Waals surface area contributed by atoms with Gasteiger partial charge in [-0.05, 0) is 51.8 Å². The number of carbonyl (C=O) groups excluding carboxylic acids is 2. The topological polar surface area (TPSA) is 92.0 Å². The molecule has 1 aromatic heterocycles. The van der Waals surface area contributed by atoms with E-state index in [2.05, 4.69) is 0 Å². The molecule has 1 aliphatic rings. The molecule has 0 amide bonds. The molecule has 0 fully saturated rings. The van der Waals surface area contributed by atoms with Crippen molar-refractivity contribution in [3.05, 3.63) is 51.9 Å². The third-order valence-electron chi connectivity index (χ3n) is 5.23. The fourth-order valence-electron chi connectivity index (χ4n) is 3.53. The van der Waals surface area contributed by atoms with Crippen LogP contribution in [-0.4, -0.2) is 23.6 Å². The van der Waals surface area contributed by atoms with Crippen molar-refractivity contribution in [2.75, 3.05) is 0 Å². The second kappa shape index (κ2) is 8.57. The van der Waals surface area contributed by atoms with E-state index in [1.54, 1.807) is 52.0 Å². The summed E-state index contributed by atoms with van der Waals surface area (Å²) in [5.74, 6) is -0.497. The molecule has 1 aliphatic heterocycles. The van der Waals surface area contributed by atoms with E-state index in [4.69, 9.17) is 18.6 Å². The molecule has 166 valence electrons. The van der Waals surface area contributed by atoms with Crippen LogP contribution < -0.4 is 10.4 Å². The normalized spacial score (nSPS) is 20.2. The Morgan fingerprint density at radius 1 is 1.16 bits per heavy atom. The lowest BCUT2D eigenvalue weighted by atomic mass is 9.87. The molecule has 0 bridgehead atoms. The summed E-state index contributed by atoms with van der Waals surface area (Å²) in [6.45, 7) is 10.7. The van der Waals surface area contributed by atoms with Crippen LogP contribution in [-0.2, 0) is 19.1 Å². The highest BCUT2D eigenvalue weighted by Crippen LogP contribution is 2.46. The molecule has 7 heteroatoms. The van der Waals surface area contributed by atoms with Gasteiger partial charge in [-0.25, -0.2) is 9.59 Å². The molecule has 1 aromatic carbocycles. The number of esters is 2. The van der Waals surface area contributed by atoms with Gasteiger partial charge in [0, 0.05) is 23.4 Å². The number of carbonyl (C=O) groups is 2. The van der Waals surface area contributed by atoms with E-state index >= 15 is 0 Å². The van der Waals surface area contributed by atoms with Gasteiger partial charge in [-0.2, -0.15) is 0 Å². The van der Waals surface area contributed by atoms with Crippen LogP contribution in [0.5, 0.6) is 5.75 Å².